The van der Waals surface area contributed by atoms with E-state index in [-0.39, 0.29) is 0 Å². The zero-order valence-electron chi connectivity index (χ0n) is 12.2. The molecule has 1 heterocycles. The molecule has 3 N–H and O–H groups in total. The summed E-state index contributed by atoms with van der Waals surface area (Å²) in [5.74, 6) is 0.569. The summed E-state index contributed by atoms with van der Waals surface area (Å²) in [7, 11) is 7.59. The second-order valence-corrected chi connectivity index (χ2v) is 4.76. The number of nitrogens with zero attached hydrogens (tertiary/aromatic N) is 4. The highest BCUT2D eigenvalue weighted by Gasteiger charge is 2.09. The molecular formula is C13H22N6. The van der Waals surface area contributed by atoms with Gasteiger partial charge in [-0.25, -0.2) is 0 Å². The van der Waals surface area contributed by atoms with Crippen LogP contribution < -0.4 is 16.5 Å². The third-order valence-electron chi connectivity index (χ3n) is 3.26. The fourth-order valence-electron chi connectivity index (χ4n) is 1.60. The molecule has 0 saturated heterocycles. The first-order valence-electron chi connectivity index (χ1n) is 6.16. The monoisotopic (exact) mass is 262 g/mol. The number of likely N-dealkylation sites (N-methyl/N-ethyl adjacent to an activating group) is 1. The van der Waals surface area contributed by atoms with Crippen molar-refractivity contribution in [1.82, 2.24) is 9.47 Å². The van der Waals surface area contributed by atoms with Crippen molar-refractivity contribution in [3.05, 3.63) is 17.1 Å². The van der Waals surface area contributed by atoms with Gasteiger partial charge in [0.05, 0.1) is 12.2 Å². The van der Waals surface area contributed by atoms with Crippen LogP contribution in [0.25, 0.3) is 0 Å². The van der Waals surface area contributed by atoms with Gasteiger partial charge in [0.25, 0.3) is 0 Å². The highest BCUT2D eigenvalue weighted by molar-refractivity contribution is 5.60. The van der Waals surface area contributed by atoms with Crippen molar-refractivity contribution in [3.63, 3.8) is 0 Å². The SMILES string of the molecule is CNc1cc(N)n(C)c(=NCC(C)N(C)C)c1C#N. The Bertz CT molecular complexity index is 549. The highest BCUT2D eigenvalue weighted by atomic mass is 15.1. The largest absolute Gasteiger partial charge is 0.387 e. The standard InChI is InChI=1S/C13H22N6/c1-9(18(3)4)8-17-13-10(7-14)11(16-2)6-12(15)19(13)5/h6,9,16H,8,15H2,1-5H3. The summed E-state index contributed by atoms with van der Waals surface area (Å²) in [5.41, 5.74) is 7.76. The van der Waals surface area contributed by atoms with Crippen LogP contribution in [0.4, 0.5) is 11.5 Å². The van der Waals surface area contributed by atoms with Crippen molar-refractivity contribution >= 4 is 11.5 Å². The van der Waals surface area contributed by atoms with Gasteiger partial charge in [-0.15, -0.1) is 0 Å². The maximum atomic E-state index is 9.31. The van der Waals surface area contributed by atoms with E-state index in [1.54, 1.807) is 17.7 Å². The number of aromatic nitrogens is 1. The van der Waals surface area contributed by atoms with Gasteiger partial charge in [0, 0.05) is 26.2 Å². The number of hydrogen-bond donors (Lipinski definition) is 2. The fourth-order valence-corrected chi connectivity index (χ4v) is 1.60. The van der Waals surface area contributed by atoms with Crippen LogP contribution in [0.3, 0.4) is 0 Å². The maximum Gasteiger partial charge on any atom is 0.149 e. The van der Waals surface area contributed by atoms with E-state index in [1.165, 1.54) is 0 Å². The van der Waals surface area contributed by atoms with Gasteiger partial charge in [-0.1, -0.05) is 0 Å². The van der Waals surface area contributed by atoms with E-state index in [0.29, 0.717) is 35.1 Å². The third kappa shape index (κ3) is 3.26. The molecule has 1 unspecified atom stereocenters. The average Bonchev–Trinajstić information content (AvgIpc) is 2.39. The lowest BCUT2D eigenvalue weighted by Crippen LogP contribution is -2.31. The molecule has 0 aliphatic rings. The molecule has 19 heavy (non-hydrogen) atoms. The minimum absolute atomic E-state index is 0.297. The Kier molecular flexibility index (Phi) is 4.95. The highest BCUT2D eigenvalue weighted by Crippen LogP contribution is 2.13. The van der Waals surface area contributed by atoms with Crippen LogP contribution in [-0.4, -0.2) is 43.2 Å². The number of hydrogen-bond acceptors (Lipinski definition) is 5. The van der Waals surface area contributed by atoms with E-state index >= 15 is 0 Å². The lowest BCUT2D eigenvalue weighted by molar-refractivity contribution is 0.319. The Hall–Kier alpha value is -2.00. The van der Waals surface area contributed by atoms with Gasteiger partial charge in [-0.2, -0.15) is 5.26 Å². The molecule has 0 bridgehead atoms. The molecule has 0 fully saturated rings. The van der Waals surface area contributed by atoms with E-state index in [4.69, 9.17) is 5.73 Å². The van der Waals surface area contributed by atoms with Crippen molar-refractivity contribution in [3.8, 4) is 6.07 Å². The molecule has 0 saturated carbocycles. The first-order valence-corrected chi connectivity index (χ1v) is 6.16. The minimum Gasteiger partial charge on any atom is -0.387 e. The Balaban J connectivity index is 3.37. The molecule has 1 aromatic heterocycles. The smallest absolute Gasteiger partial charge is 0.149 e. The Morgan fingerprint density at radius 2 is 2.21 bits per heavy atom. The molecule has 0 aromatic carbocycles. The number of anilines is 2. The van der Waals surface area contributed by atoms with Crippen molar-refractivity contribution in [2.75, 3.05) is 38.7 Å². The van der Waals surface area contributed by atoms with Crippen LogP contribution in [0.15, 0.2) is 11.1 Å². The van der Waals surface area contributed by atoms with E-state index in [1.807, 2.05) is 21.1 Å². The number of nitrogen functional groups attached to an aromatic ring is 1. The average molecular weight is 262 g/mol. The molecule has 104 valence electrons. The summed E-state index contributed by atoms with van der Waals surface area (Å²) in [5, 5.41) is 12.3. The molecule has 0 aliphatic carbocycles. The number of nitrogens with two attached hydrogens (primary N) is 1. The summed E-state index contributed by atoms with van der Waals surface area (Å²) in [6, 6.07) is 4.23. The summed E-state index contributed by atoms with van der Waals surface area (Å²) in [6.07, 6.45) is 0. The van der Waals surface area contributed by atoms with Crippen molar-refractivity contribution in [1.29, 1.82) is 5.26 Å². The molecule has 1 aromatic rings. The molecule has 0 spiro atoms. The minimum atomic E-state index is 0.297. The molecule has 0 radical (unpaired) electrons. The van der Waals surface area contributed by atoms with Crippen molar-refractivity contribution in [2.45, 2.75) is 13.0 Å². The van der Waals surface area contributed by atoms with Crippen LogP contribution in [0, 0.1) is 11.3 Å². The van der Waals surface area contributed by atoms with Crippen LogP contribution in [0.5, 0.6) is 0 Å². The lowest BCUT2D eigenvalue weighted by atomic mass is 10.2. The Morgan fingerprint density at radius 3 is 2.68 bits per heavy atom. The Morgan fingerprint density at radius 1 is 1.58 bits per heavy atom. The first-order chi connectivity index (χ1) is 8.92. The Labute approximate surface area is 114 Å². The van der Waals surface area contributed by atoms with E-state index in [0.717, 1.165) is 0 Å². The van der Waals surface area contributed by atoms with Crippen molar-refractivity contribution in [2.24, 2.45) is 12.0 Å². The molecular weight excluding hydrogens is 240 g/mol. The topological polar surface area (TPSA) is 82.4 Å². The molecule has 0 amide bonds. The van der Waals surface area contributed by atoms with Gasteiger partial charge in [0.2, 0.25) is 0 Å². The van der Waals surface area contributed by atoms with Gasteiger partial charge in [0.1, 0.15) is 22.9 Å². The summed E-state index contributed by atoms with van der Waals surface area (Å²) < 4.78 is 1.74. The second kappa shape index (κ2) is 6.25. The molecule has 6 nitrogen and oxygen atoms in total. The zero-order valence-corrected chi connectivity index (χ0v) is 12.2. The molecule has 0 aliphatic heterocycles. The number of nitrogens with one attached hydrogen (secondary N) is 1. The number of rotatable bonds is 4. The van der Waals surface area contributed by atoms with Crippen molar-refractivity contribution < 1.29 is 0 Å². The van der Waals surface area contributed by atoms with Crippen LogP contribution in [-0.2, 0) is 7.05 Å². The summed E-state index contributed by atoms with van der Waals surface area (Å²) >= 11 is 0. The van der Waals surface area contributed by atoms with Gasteiger partial charge in [-0.05, 0) is 21.0 Å². The lowest BCUT2D eigenvalue weighted by Gasteiger charge is -2.17. The van der Waals surface area contributed by atoms with Gasteiger partial charge < -0.3 is 20.5 Å². The number of pyridine rings is 1. The molecule has 6 heteroatoms. The van der Waals surface area contributed by atoms with Gasteiger partial charge >= 0.3 is 0 Å². The van der Waals surface area contributed by atoms with Crippen LogP contribution >= 0.6 is 0 Å². The number of nitriles is 1. The zero-order chi connectivity index (χ0) is 14.6. The second-order valence-electron chi connectivity index (χ2n) is 4.76. The summed E-state index contributed by atoms with van der Waals surface area (Å²) in [4.78, 5) is 6.63. The van der Waals surface area contributed by atoms with E-state index < -0.39 is 0 Å². The van der Waals surface area contributed by atoms with E-state index in [2.05, 4.69) is 28.2 Å². The predicted octanol–water partition coefficient (Wildman–Crippen LogP) is 0.371. The fraction of sp³-hybridized carbons (Fsp3) is 0.538. The molecule has 1 atom stereocenters. The molecule has 1 rings (SSSR count). The van der Waals surface area contributed by atoms with Gasteiger partial charge in [-0.3, -0.25) is 4.99 Å². The third-order valence-corrected chi connectivity index (χ3v) is 3.26. The maximum absolute atomic E-state index is 9.31. The van der Waals surface area contributed by atoms with Crippen LogP contribution in [0.1, 0.15) is 12.5 Å². The predicted molar refractivity (Wildman–Crippen MR) is 77.7 cm³/mol. The normalized spacial score (nSPS) is 13.4. The quantitative estimate of drug-likeness (QED) is 0.821. The van der Waals surface area contributed by atoms with Crippen LogP contribution in [0.2, 0.25) is 0 Å². The first kappa shape index (κ1) is 15.1. The van der Waals surface area contributed by atoms with E-state index in [9.17, 15) is 5.26 Å². The van der Waals surface area contributed by atoms with Gasteiger partial charge in [0.15, 0.2) is 0 Å². The summed E-state index contributed by atoms with van der Waals surface area (Å²) in [6.45, 7) is 2.70.